The molecule has 0 spiro atoms. The van der Waals surface area contributed by atoms with Crippen molar-refractivity contribution in [1.82, 2.24) is 15.3 Å². The zero-order chi connectivity index (χ0) is 18.7. The Balaban J connectivity index is 1.66. The fraction of sp³-hybridized carbons (Fsp3) is 0.500. The number of thiazole rings is 1. The Morgan fingerprint density at radius 1 is 1.19 bits per heavy atom. The number of hydrogen-bond acceptors (Lipinski definition) is 4. The minimum absolute atomic E-state index is 0.0860. The van der Waals surface area contributed by atoms with Gasteiger partial charge < -0.3 is 5.32 Å². The molecule has 1 N–H and O–H groups in total. The molecule has 2 heterocycles. The lowest BCUT2D eigenvalue weighted by atomic mass is 9.84. The molecule has 0 saturated heterocycles. The first-order valence-electron chi connectivity index (χ1n) is 8.65. The number of carbonyl (C=O) groups is 1. The number of carbonyl (C=O) groups excluding carboxylic acids is 1. The molecule has 1 unspecified atom stereocenters. The Kier molecular flexibility index (Phi) is 5.60. The van der Waals surface area contributed by atoms with Crippen LogP contribution < -0.4 is 5.32 Å². The molecule has 8 heteroatoms. The molecule has 3 rings (SSSR count). The van der Waals surface area contributed by atoms with Gasteiger partial charge in [-0.3, -0.25) is 9.78 Å². The first-order chi connectivity index (χ1) is 12.3. The van der Waals surface area contributed by atoms with Crippen LogP contribution >= 0.6 is 11.3 Å². The molecule has 4 nitrogen and oxygen atoms in total. The van der Waals surface area contributed by atoms with Crippen LogP contribution in [0.4, 0.5) is 13.2 Å². The van der Waals surface area contributed by atoms with E-state index < -0.39 is 11.9 Å². The van der Waals surface area contributed by atoms with Gasteiger partial charge in [-0.25, -0.2) is 4.98 Å². The molecule has 2 aromatic rings. The van der Waals surface area contributed by atoms with Crippen LogP contribution in [0.25, 0.3) is 10.4 Å². The number of alkyl halides is 3. The van der Waals surface area contributed by atoms with Crippen molar-refractivity contribution < 1.29 is 18.0 Å². The second-order valence-corrected chi connectivity index (χ2v) is 7.65. The monoisotopic (exact) mass is 383 g/mol. The lowest BCUT2D eigenvalue weighted by molar-refractivity contribution is -0.141. The molecule has 0 aromatic carbocycles. The van der Waals surface area contributed by atoms with E-state index in [9.17, 15) is 18.0 Å². The number of nitrogens with zero attached hydrogens (tertiary/aromatic N) is 2. The molecular formula is C18H20F3N3OS. The summed E-state index contributed by atoms with van der Waals surface area (Å²) < 4.78 is 37.7. The predicted molar refractivity (Wildman–Crippen MR) is 93.9 cm³/mol. The largest absolute Gasteiger partial charge is 0.433 e. The predicted octanol–water partition coefficient (Wildman–Crippen LogP) is 4.92. The van der Waals surface area contributed by atoms with Gasteiger partial charge in [0.15, 0.2) is 5.01 Å². The van der Waals surface area contributed by atoms with Gasteiger partial charge >= 0.3 is 6.18 Å². The van der Waals surface area contributed by atoms with Gasteiger partial charge in [0.25, 0.3) is 5.91 Å². The van der Waals surface area contributed by atoms with Crippen molar-refractivity contribution in [1.29, 1.82) is 0 Å². The van der Waals surface area contributed by atoms with Crippen LogP contribution in [0.3, 0.4) is 0 Å². The first kappa shape index (κ1) is 18.8. The van der Waals surface area contributed by atoms with Gasteiger partial charge in [-0.2, -0.15) is 13.2 Å². The third-order valence-corrected chi connectivity index (χ3v) is 5.80. The Bertz CT molecular complexity index is 752. The van der Waals surface area contributed by atoms with Crippen LogP contribution in [0, 0.1) is 5.92 Å². The second-order valence-electron chi connectivity index (χ2n) is 6.62. The summed E-state index contributed by atoms with van der Waals surface area (Å²) >= 11 is 1.15. The summed E-state index contributed by atoms with van der Waals surface area (Å²) in [7, 11) is 0. The standard InChI is InChI=1S/C18H20F3N3OS/c1-11(12-5-3-2-4-6-12)24-16(25)17-23-10-14(26-17)13-7-8-15(22-9-13)18(19,20)21/h7-12H,2-6H2,1H3,(H,24,25). The molecule has 1 saturated carbocycles. The Hall–Kier alpha value is -1.96. The highest BCUT2D eigenvalue weighted by Gasteiger charge is 2.32. The summed E-state index contributed by atoms with van der Waals surface area (Å²) in [5.41, 5.74) is -0.431. The van der Waals surface area contributed by atoms with E-state index in [1.165, 1.54) is 31.5 Å². The average molecular weight is 383 g/mol. The first-order valence-corrected chi connectivity index (χ1v) is 9.46. The average Bonchev–Trinajstić information content (AvgIpc) is 3.12. The van der Waals surface area contributed by atoms with Gasteiger partial charge in [-0.05, 0) is 37.8 Å². The van der Waals surface area contributed by atoms with E-state index in [-0.39, 0.29) is 11.9 Å². The molecule has 0 radical (unpaired) electrons. The van der Waals surface area contributed by atoms with E-state index in [4.69, 9.17) is 0 Å². The maximum absolute atomic E-state index is 12.6. The summed E-state index contributed by atoms with van der Waals surface area (Å²) in [4.78, 5) is 20.6. The van der Waals surface area contributed by atoms with E-state index >= 15 is 0 Å². The van der Waals surface area contributed by atoms with Gasteiger partial charge in [-0.15, -0.1) is 11.3 Å². The summed E-state index contributed by atoms with van der Waals surface area (Å²) in [6.45, 7) is 2.02. The lowest BCUT2D eigenvalue weighted by Gasteiger charge is -2.27. The van der Waals surface area contributed by atoms with E-state index in [0.717, 1.165) is 36.4 Å². The zero-order valence-corrected chi connectivity index (χ0v) is 15.2. The molecule has 140 valence electrons. The van der Waals surface area contributed by atoms with Gasteiger partial charge in [0.2, 0.25) is 0 Å². The number of pyridine rings is 1. The normalized spacial score (nSPS) is 17.1. The Morgan fingerprint density at radius 3 is 2.54 bits per heavy atom. The van der Waals surface area contributed by atoms with Crippen molar-refractivity contribution in [3.05, 3.63) is 35.2 Å². The lowest BCUT2D eigenvalue weighted by Crippen LogP contribution is -2.38. The van der Waals surface area contributed by atoms with Gasteiger partial charge in [0.1, 0.15) is 5.69 Å². The summed E-state index contributed by atoms with van der Waals surface area (Å²) in [6, 6.07) is 2.36. The Labute approximate surface area is 153 Å². The van der Waals surface area contributed by atoms with Crippen molar-refractivity contribution in [2.75, 3.05) is 0 Å². The second kappa shape index (κ2) is 7.73. The maximum atomic E-state index is 12.6. The molecule has 1 fully saturated rings. The molecule has 1 aliphatic rings. The highest BCUT2D eigenvalue weighted by molar-refractivity contribution is 7.16. The van der Waals surface area contributed by atoms with Crippen LogP contribution in [0.15, 0.2) is 24.5 Å². The molecule has 0 aliphatic heterocycles. The number of hydrogen-bond donors (Lipinski definition) is 1. The smallest absolute Gasteiger partial charge is 0.347 e. The quantitative estimate of drug-likeness (QED) is 0.815. The molecule has 0 bridgehead atoms. The minimum atomic E-state index is -4.47. The summed E-state index contributed by atoms with van der Waals surface area (Å²) in [5.74, 6) is 0.255. The fourth-order valence-corrected chi connectivity index (χ4v) is 4.05. The van der Waals surface area contributed by atoms with Crippen molar-refractivity contribution in [3.63, 3.8) is 0 Å². The fourth-order valence-electron chi connectivity index (χ4n) is 3.24. The summed E-state index contributed by atoms with van der Waals surface area (Å²) in [6.07, 6.45) is 4.10. The van der Waals surface area contributed by atoms with Crippen LogP contribution in [0.5, 0.6) is 0 Å². The third-order valence-electron chi connectivity index (χ3n) is 4.75. The number of nitrogens with one attached hydrogen (secondary N) is 1. The molecule has 1 amide bonds. The van der Waals surface area contributed by atoms with Gasteiger partial charge in [0, 0.05) is 24.0 Å². The van der Waals surface area contributed by atoms with Crippen LogP contribution in [0.2, 0.25) is 0 Å². The molecular weight excluding hydrogens is 363 g/mol. The molecule has 26 heavy (non-hydrogen) atoms. The molecule has 1 atom stereocenters. The number of halogens is 3. The van der Waals surface area contributed by atoms with E-state index in [0.29, 0.717) is 21.4 Å². The third kappa shape index (κ3) is 4.41. The van der Waals surface area contributed by atoms with Crippen molar-refractivity contribution in [2.45, 2.75) is 51.2 Å². The van der Waals surface area contributed by atoms with Crippen molar-refractivity contribution in [3.8, 4) is 10.4 Å². The van der Waals surface area contributed by atoms with Gasteiger partial charge in [-0.1, -0.05) is 19.3 Å². The van der Waals surface area contributed by atoms with Crippen molar-refractivity contribution >= 4 is 17.2 Å². The van der Waals surface area contributed by atoms with E-state index in [2.05, 4.69) is 15.3 Å². The highest BCUT2D eigenvalue weighted by Crippen LogP contribution is 2.31. The van der Waals surface area contributed by atoms with Crippen LogP contribution in [-0.2, 0) is 6.18 Å². The molecule has 2 aromatic heterocycles. The topological polar surface area (TPSA) is 54.9 Å². The minimum Gasteiger partial charge on any atom is -0.347 e. The number of aromatic nitrogens is 2. The van der Waals surface area contributed by atoms with Gasteiger partial charge in [0.05, 0.1) is 4.88 Å². The van der Waals surface area contributed by atoms with E-state index in [1.54, 1.807) is 0 Å². The van der Waals surface area contributed by atoms with Crippen molar-refractivity contribution in [2.24, 2.45) is 5.92 Å². The zero-order valence-electron chi connectivity index (χ0n) is 14.3. The summed E-state index contributed by atoms with van der Waals surface area (Å²) in [5, 5.41) is 3.31. The van der Waals surface area contributed by atoms with E-state index in [1.807, 2.05) is 6.92 Å². The van der Waals surface area contributed by atoms with Crippen LogP contribution in [0.1, 0.15) is 54.5 Å². The Morgan fingerprint density at radius 2 is 1.92 bits per heavy atom. The maximum Gasteiger partial charge on any atom is 0.433 e. The SMILES string of the molecule is CC(NC(=O)c1ncc(-c2ccc(C(F)(F)F)nc2)s1)C1CCCCC1. The number of rotatable bonds is 4. The molecule has 1 aliphatic carbocycles. The van der Waals surface area contributed by atoms with Crippen LogP contribution in [-0.4, -0.2) is 21.9 Å². The number of amides is 1. The highest BCUT2D eigenvalue weighted by atomic mass is 32.1.